The molecule has 3 aromatic heterocycles. The van der Waals surface area contributed by atoms with E-state index in [2.05, 4.69) is 186 Å². The molecule has 0 radical (unpaired) electrons. The normalized spacial score (nSPS) is 14.0. The Balaban J connectivity index is 1.04. The lowest BCUT2D eigenvalue weighted by atomic mass is 9.81. The first-order valence-electron chi connectivity index (χ1n) is 20.0. The minimum Gasteiger partial charge on any atom is -0.397 e. The second-order valence-electron chi connectivity index (χ2n) is 16.4. The van der Waals surface area contributed by atoms with E-state index < -0.39 is 0 Å². The van der Waals surface area contributed by atoms with Crippen molar-refractivity contribution in [2.24, 2.45) is 0 Å². The lowest BCUT2D eigenvalue weighted by molar-refractivity contribution is 0.656. The number of anilines is 2. The molecule has 0 fully saturated rings. The van der Waals surface area contributed by atoms with E-state index in [1.54, 1.807) is 0 Å². The van der Waals surface area contributed by atoms with Crippen LogP contribution in [0.3, 0.4) is 0 Å². The van der Waals surface area contributed by atoms with Gasteiger partial charge >= 0.3 is 0 Å². The summed E-state index contributed by atoms with van der Waals surface area (Å²) in [6.45, 7) is 4.70. The lowest BCUT2D eigenvalue weighted by Crippen LogP contribution is -2.18. The molecule has 0 aliphatic heterocycles. The van der Waals surface area contributed by atoms with Crippen molar-refractivity contribution in [1.29, 1.82) is 0 Å². The van der Waals surface area contributed by atoms with Crippen molar-refractivity contribution < 1.29 is 0 Å². The Morgan fingerprint density at radius 2 is 1.19 bits per heavy atom. The molecule has 0 bridgehead atoms. The molecule has 272 valence electrons. The smallest absolute Gasteiger partial charge is 0.0619 e. The number of hydrogen-bond acceptors (Lipinski definition) is 2. The van der Waals surface area contributed by atoms with Crippen LogP contribution in [0.4, 0.5) is 11.4 Å². The molecule has 4 nitrogen and oxygen atoms in total. The molecule has 0 saturated heterocycles. The molecule has 4 heteroatoms. The number of nitrogen functional groups attached to an aromatic ring is 1. The highest BCUT2D eigenvalue weighted by molar-refractivity contribution is 6.31. The Morgan fingerprint density at radius 1 is 0.544 bits per heavy atom. The average Bonchev–Trinajstić information content (AvgIpc) is 3.81. The van der Waals surface area contributed by atoms with E-state index in [1.807, 2.05) is 12.1 Å². The van der Waals surface area contributed by atoms with Crippen LogP contribution in [0.1, 0.15) is 42.1 Å². The van der Waals surface area contributed by atoms with E-state index in [4.69, 9.17) is 5.73 Å². The standard InChI is InChI=1S/C53H40N4/c1-53(2)41-20-5-3-15-35(41)36-28-27-33(31-42(36)53)45(55-44-22-7-6-21-43(44)54)30-32-13-9-14-34(29-32)56-47-24-11-17-38-40-19-10-18-39-37-16-4-8-23-46(37)57(52(39)40)49-26-12-25-48(56)51(49)50(38)47/h3-29,31,45,55H,30,54H2,1-2H3. The number of nitrogens with zero attached hydrogens (tertiary/aromatic N) is 2. The number of hydrogen-bond donors (Lipinski definition) is 2. The fourth-order valence-electron chi connectivity index (χ4n) is 10.3. The maximum Gasteiger partial charge on any atom is 0.0619 e. The van der Waals surface area contributed by atoms with Gasteiger partial charge in [0.1, 0.15) is 0 Å². The largest absolute Gasteiger partial charge is 0.397 e. The van der Waals surface area contributed by atoms with Gasteiger partial charge in [-0.05, 0) is 93.7 Å². The van der Waals surface area contributed by atoms with Crippen molar-refractivity contribution in [2.75, 3.05) is 11.1 Å². The zero-order valence-electron chi connectivity index (χ0n) is 31.9. The van der Waals surface area contributed by atoms with E-state index in [-0.39, 0.29) is 11.5 Å². The average molecular weight is 733 g/mol. The highest BCUT2D eigenvalue weighted by Gasteiger charge is 2.35. The monoisotopic (exact) mass is 732 g/mol. The third-order valence-corrected chi connectivity index (χ3v) is 12.9. The maximum absolute atomic E-state index is 6.58. The van der Waals surface area contributed by atoms with Gasteiger partial charge in [0, 0.05) is 38.0 Å². The molecule has 1 unspecified atom stereocenters. The Bertz CT molecular complexity index is 3420. The van der Waals surface area contributed by atoms with E-state index >= 15 is 0 Å². The third-order valence-electron chi connectivity index (χ3n) is 12.9. The predicted molar refractivity (Wildman–Crippen MR) is 240 cm³/mol. The third kappa shape index (κ3) is 4.50. The topological polar surface area (TPSA) is 47.4 Å². The quantitative estimate of drug-likeness (QED) is 0.167. The van der Waals surface area contributed by atoms with Crippen LogP contribution in [0.2, 0.25) is 0 Å². The number of rotatable bonds is 6. The first kappa shape index (κ1) is 32.2. The van der Waals surface area contributed by atoms with Crippen molar-refractivity contribution in [3.8, 4) is 16.8 Å². The molecular weight excluding hydrogens is 693 g/mol. The summed E-state index contributed by atoms with van der Waals surface area (Å²) < 4.78 is 4.98. The van der Waals surface area contributed by atoms with Gasteiger partial charge in [-0.25, -0.2) is 0 Å². The van der Waals surface area contributed by atoms with Crippen LogP contribution in [-0.4, -0.2) is 8.97 Å². The van der Waals surface area contributed by atoms with Crippen molar-refractivity contribution in [1.82, 2.24) is 8.97 Å². The maximum atomic E-state index is 6.58. The summed E-state index contributed by atoms with van der Waals surface area (Å²) in [7, 11) is 0. The van der Waals surface area contributed by atoms with Gasteiger partial charge in [0.25, 0.3) is 0 Å². The molecule has 11 aromatic rings. The Hall–Kier alpha value is -7.04. The number of nitrogens with two attached hydrogens (primary N) is 1. The second-order valence-corrected chi connectivity index (χ2v) is 16.4. The lowest BCUT2D eigenvalue weighted by Gasteiger charge is -2.26. The number of benzene rings is 8. The molecule has 1 aliphatic rings. The van der Waals surface area contributed by atoms with Crippen LogP contribution in [0, 0.1) is 0 Å². The summed E-state index contributed by atoms with van der Waals surface area (Å²) in [6.07, 6.45) is 0.780. The number of fused-ring (bicyclic) bond motifs is 8. The van der Waals surface area contributed by atoms with Gasteiger partial charge in [0.05, 0.1) is 45.0 Å². The van der Waals surface area contributed by atoms with Gasteiger partial charge in [-0.2, -0.15) is 0 Å². The molecule has 3 heterocycles. The van der Waals surface area contributed by atoms with E-state index in [0.29, 0.717) is 0 Å². The first-order chi connectivity index (χ1) is 28.0. The second kappa shape index (κ2) is 11.7. The molecule has 1 atom stereocenters. The van der Waals surface area contributed by atoms with Gasteiger partial charge < -0.3 is 20.0 Å². The summed E-state index contributed by atoms with van der Waals surface area (Å²) in [6, 6.07) is 62.4. The SMILES string of the molecule is CC1(C)c2ccccc2-c2ccc(C(Cc3cccc(-n4c5cccc6c7cccc8c9ccccc9n(c9cccc4c9c65)c78)c3)Nc3ccccc3N)cc21. The van der Waals surface area contributed by atoms with Crippen LogP contribution >= 0.6 is 0 Å². The van der Waals surface area contributed by atoms with E-state index in [1.165, 1.54) is 93.3 Å². The minimum absolute atomic E-state index is 0.0161. The molecule has 0 amide bonds. The van der Waals surface area contributed by atoms with E-state index in [9.17, 15) is 0 Å². The van der Waals surface area contributed by atoms with Crippen LogP contribution in [0.15, 0.2) is 170 Å². The highest BCUT2D eigenvalue weighted by atomic mass is 15.0. The van der Waals surface area contributed by atoms with Crippen molar-refractivity contribution >= 4 is 71.3 Å². The zero-order valence-corrected chi connectivity index (χ0v) is 31.9. The Labute approximate surface area is 330 Å². The van der Waals surface area contributed by atoms with Gasteiger partial charge in [0.2, 0.25) is 0 Å². The first-order valence-corrected chi connectivity index (χ1v) is 20.0. The van der Waals surface area contributed by atoms with Crippen LogP contribution in [-0.2, 0) is 11.8 Å². The molecule has 3 N–H and O–H groups in total. The van der Waals surface area contributed by atoms with Gasteiger partial charge in [-0.3, -0.25) is 0 Å². The molecule has 1 aliphatic carbocycles. The molecular formula is C53H40N4. The fraction of sp³-hybridized carbons (Fsp3) is 0.0943. The molecule has 0 spiro atoms. The number of para-hydroxylation sites is 4. The van der Waals surface area contributed by atoms with Gasteiger partial charge in [0.15, 0.2) is 0 Å². The molecule has 8 aromatic carbocycles. The van der Waals surface area contributed by atoms with Gasteiger partial charge in [-0.15, -0.1) is 0 Å². The van der Waals surface area contributed by atoms with Crippen LogP contribution < -0.4 is 11.1 Å². The van der Waals surface area contributed by atoms with Gasteiger partial charge in [-0.1, -0.05) is 135 Å². The van der Waals surface area contributed by atoms with Crippen LogP contribution in [0.5, 0.6) is 0 Å². The summed E-state index contributed by atoms with van der Waals surface area (Å²) in [5.74, 6) is 0. The number of aromatic nitrogens is 2. The molecule has 12 rings (SSSR count). The summed E-state index contributed by atoms with van der Waals surface area (Å²) in [5, 5.41) is 11.6. The molecule has 57 heavy (non-hydrogen) atoms. The molecule has 0 saturated carbocycles. The summed E-state index contributed by atoms with van der Waals surface area (Å²) in [4.78, 5) is 0. The zero-order chi connectivity index (χ0) is 38.0. The predicted octanol–water partition coefficient (Wildman–Crippen LogP) is 13.2. The van der Waals surface area contributed by atoms with Crippen molar-refractivity contribution in [2.45, 2.75) is 31.7 Å². The number of nitrogens with one attached hydrogen (secondary N) is 1. The van der Waals surface area contributed by atoms with Crippen molar-refractivity contribution in [3.05, 3.63) is 192 Å². The Kier molecular flexibility index (Phi) is 6.64. The summed E-state index contributed by atoms with van der Waals surface area (Å²) in [5.41, 5.74) is 23.4. The summed E-state index contributed by atoms with van der Waals surface area (Å²) >= 11 is 0. The van der Waals surface area contributed by atoms with Crippen LogP contribution in [0.25, 0.3) is 76.7 Å². The van der Waals surface area contributed by atoms with Crippen molar-refractivity contribution in [3.63, 3.8) is 0 Å². The highest BCUT2D eigenvalue weighted by Crippen LogP contribution is 2.50. The fourth-order valence-corrected chi connectivity index (χ4v) is 10.3. The Morgan fingerprint density at radius 3 is 2.09 bits per heavy atom. The minimum atomic E-state index is -0.0891. The van der Waals surface area contributed by atoms with E-state index in [0.717, 1.165) is 23.5 Å².